The van der Waals surface area contributed by atoms with E-state index in [1.165, 1.54) is 44.1 Å². The Morgan fingerprint density at radius 2 is 1.14 bits per heavy atom. The molecule has 0 spiro atoms. The number of rotatable bonds is 6. The molecule has 1 N–H and O–H groups in total. The molecule has 2 aromatic carbocycles. The third kappa shape index (κ3) is 5.66. The van der Waals surface area contributed by atoms with Crippen molar-refractivity contribution >= 4 is 10.0 Å². The zero-order valence-electron chi connectivity index (χ0n) is 19.6. The van der Waals surface area contributed by atoms with E-state index in [4.69, 9.17) is 5.11 Å². The molecule has 1 saturated carbocycles. The Morgan fingerprint density at radius 3 is 1.60 bits per heavy atom. The van der Waals surface area contributed by atoms with Crippen LogP contribution in [0.15, 0.2) is 29.2 Å². The van der Waals surface area contributed by atoms with Crippen molar-refractivity contribution in [3.63, 3.8) is 0 Å². The monoisotopic (exact) mass is 513 g/mol. The van der Waals surface area contributed by atoms with Crippen molar-refractivity contribution in [2.75, 3.05) is 13.1 Å². The lowest BCUT2D eigenvalue weighted by Gasteiger charge is -2.31. The summed E-state index contributed by atoms with van der Waals surface area (Å²) in [5.41, 5.74) is 2.48. The van der Waals surface area contributed by atoms with Crippen LogP contribution in [0.2, 0.25) is 0 Å². The number of phenols is 1. The molecule has 192 valence electrons. The smallest absolute Gasteiger partial charge is 0.249 e. The minimum atomic E-state index is -4.81. The van der Waals surface area contributed by atoms with E-state index in [-0.39, 0.29) is 19.0 Å². The second-order valence-corrected chi connectivity index (χ2v) is 11.7. The van der Waals surface area contributed by atoms with Gasteiger partial charge in [0.25, 0.3) is 0 Å². The van der Waals surface area contributed by atoms with Gasteiger partial charge in [-0.2, -0.15) is 13.1 Å². The predicted molar refractivity (Wildman–Crippen MR) is 124 cm³/mol. The fraction of sp³-hybridized carbons (Fsp3) is 0.538. The first-order valence-corrected chi connectivity index (χ1v) is 13.8. The van der Waals surface area contributed by atoms with Crippen molar-refractivity contribution in [2.45, 2.75) is 69.1 Å². The molecule has 0 atom stereocenters. The molecule has 0 unspecified atom stereocenters. The Balaban J connectivity index is 1.36. The third-order valence-corrected chi connectivity index (χ3v) is 9.34. The quantitative estimate of drug-likeness (QED) is 0.288. The van der Waals surface area contributed by atoms with Gasteiger partial charge in [0.05, 0.1) is 0 Å². The van der Waals surface area contributed by atoms with Crippen LogP contribution >= 0.6 is 0 Å². The lowest BCUT2D eigenvalue weighted by atomic mass is 9.89. The zero-order valence-corrected chi connectivity index (χ0v) is 20.4. The van der Waals surface area contributed by atoms with E-state index in [0.29, 0.717) is 12.8 Å². The Bertz CT molecular complexity index is 1110. The van der Waals surface area contributed by atoms with E-state index >= 15 is 0 Å². The molecule has 1 aliphatic carbocycles. The summed E-state index contributed by atoms with van der Waals surface area (Å²) in [5, 5.41) is 9.12. The van der Waals surface area contributed by atoms with Crippen LogP contribution in [0, 0.1) is 35.1 Å². The summed E-state index contributed by atoms with van der Waals surface area (Å²) >= 11 is 0. The third-order valence-electron chi connectivity index (χ3n) is 7.42. The number of aromatic hydroxyl groups is 1. The minimum absolute atomic E-state index is 0.0181. The van der Waals surface area contributed by atoms with Crippen molar-refractivity contribution < 1.29 is 31.1 Å². The Morgan fingerprint density at radius 1 is 0.714 bits per heavy atom. The molecule has 4 nitrogen and oxygen atoms in total. The highest BCUT2D eigenvalue weighted by molar-refractivity contribution is 7.89. The summed E-state index contributed by atoms with van der Waals surface area (Å²) in [6, 6.07) is 8.56. The number of nitrogens with zero attached hydrogens (tertiary/aromatic N) is 1. The number of benzene rings is 2. The summed E-state index contributed by atoms with van der Waals surface area (Å²) in [5.74, 6) is -9.44. The topological polar surface area (TPSA) is 57.6 Å². The minimum Gasteiger partial charge on any atom is -0.503 e. The first-order chi connectivity index (χ1) is 16.7. The lowest BCUT2D eigenvalue weighted by Crippen LogP contribution is -2.39. The summed E-state index contributed by atoms with van der Waals surface area (Å²) in [6.07, 6.45) is 10.6. The molecule has 4 rings (SSSR count). The first-order valence-electron chi connectivity index (χ1n) is 12.3. The predicted octanol–water partition coefficient (Wildman–Crippen LogP) is 6.10. The van der Waals surface area contributed by atoms with Gasteiger partial charge in [0.2, 0.25) is 21.7 Å². The number of sulfonamides is 1. The van der Waals surface area contributed by atoms with Gasteiger partial charge in [0.15, 0.2) is 22.3 Å². The summed E-state index contributed by atoms with van der Waals surface area (Å²) in [4.78, 5) is -1.70. The highest BCUT2D eigenvalue weighted by Crippen LogP contribution is 2.35. The Hall–Kier alpha value is -2.13. The molecule has 1 heterocycles. The summed E-state index contributed by atoms with van der Waals surface area (Å²) in [7, 11) is -4.81. The van der Waals surface area contributed by atoms with E-state index in [9.17, 15) is 26.0 Å². The maximum atomic E-state index is 14.2. The van der Waals surface area contributed by atoms with Crippen LogP contribution in [-0.2, 0) is 22.9 Å². The Kier molecular flexibility index (Phi) is 8.06. The van der Waals surface area contributed by atoms with Gasteiger partial charge in [0, 0.05) is 13.1 Å². The second kappa shape index (κ2) is 10.9. The van der Waals surface area contributed by atoms with E-state index in [0.717, 1.165) is 28.6 Å². The first kappa shape index (κ1) is 25.9. The lowest BCUT2D eigenvalue weighted by molar-refractivity contribution is 0.269. The fourth-order valence-electron chi connectivity index (χ4n) is 5.36. The van der Waals surface area contributed by atoms with Crippen LogP contribution < -0.4 is 0 Å². The molecular weight excluding hydrogens is 482 g/mol. The number of hydrogen-bond acceptors (Lipinski definition) is 3. The fourth-order valence-corrected chi connectivity index (χ4v) is 6.94. The summed E-state index contributed by atoms with van der Waals surface area (Å²) < 4.78 is 82.1. The van der Waals surface area contributed by atoms with Crippen molar-refractivity contribution in [1.29, 1.82) is 0 Å². The normalized spacial score (nSPS) is 19.1. The van der Waals surface area contributed by atoms with Crippen molar-refractivity contribution in [3.8, 4) is 5.75 Å². The highest BCUT2D eigenvalue weighted by Gasteiger charge is 2.38. The maximum absolute atomic E-state index is 14.2. The average molecular weight is 514 g/mol. The van der Waals surface area contributed by atoms with Gasteiger partial charge in [-0.05, 0) is 48.6 Å². The van der Waals surface area contributed by atoms with Crippen LogP contribution in [0.4, 0.5) is 17.6 Å². The number of piperidine rings is 1. The SMILES string of the molecule is O=S(=O)(c1c(F)c(F)c(O)c(F)c1F)N1CCC(Cc2ccc(CC3CCCCCC3)cc2)CC1. The van der Waals surface area contributed by atoms with Crippen molar-refractivity contribution in [2.24, 2.45) is 11.8 Å². The molecule has 1 saturated heterocycles. The van der Waals surface area contributed by atoms with Gasteiger partial charge < -0.3 is 5.11 Å². The van der Waals surface area contributed by atoms with E-state index in [1.54, 1.807) is 0 Å². The molecule has 2 aliphatic rings. The van der Waals surface area contributed by atoms with Gasteiger partial charge in [0.1, 0.15) is 0 Å². The van der Waals surface area contributed by atoms with Crippen LogP contribution in [0.25, 0.3) is 0 Å². The molecule has 35 heavy (non-hydrogen) atoms. The average Bonchev–Trinajstić information content (AvgIpc) is 3.12. The zero-order chi connectivity index (χ0) is 25.2. The molecule has 1 aliphatic heterocycles. The van der Waals surface area contributed by atoms with Crippen LogP contribution in [0.5, 0.6) is 5.75 Å². The number of phenolic OH excluding ortho intramolecular Hbond substituents is 1. The van der Waals surface area contributed by atoms with E-state index in [2.05, 4.69) is 24.3 Å². The van der Waals surface area contributed by atoms with Gasteiger partial charge in [-0.15, -0.1) is 0 Å². The molecule has 2 fully saturated rings. The Labute approximate surface area is 204 Å². The van der Waals surface area contributed by atoms with E-state index in [1.807, 2.05) is 0 Å². The van der Waals surface area contributed by atoms with Gasteiger partial charge >= 0.3 is 0 Å². The standard InChI is InChI=1S/C26H31F4NO3S/c27-21-23(29)26(24(30)22(28)25(21)32)35(33,34)31-13-11-20(12-14-31)16-19-9-7-18(8-10-19)15-17-5-3-1-2-4-6-17/h7-10,17,20,32H,1-6,11-16H2. The van der Waals surface area contributed by atoms with Crippen LogP contribution in [0.3, 0.4) is 0 Å². The molecule has 0 amide bonds. The van der Waals surface area contributed by atoms with Gasteiger partial charge in [-0.25, -0.2) is 17.2 Å². The second-order valence-electron chi connectivity index (χ2n) is 9.86. The molecular formula is C26H31F4NO3S. The van der Waals surface area contributed by atoms with Crippen molar-refractivity contribution in [3.05, 3.63) is 58.7 Å². The number of halogens is 4. The van der Waals surface area contributed by atoms with Gasteiger partial charge in [-0.1, -0.05) is 62.8 Å². The van der Waals surface area contributed by atoms with Crippen molar-refractivity contribution in [1.82, 2.24) is 4.31 Å². The molecule has 0 bridgehead atoms. The largest absolute Gasteiger partial charge is 0.503 e. The van der Waals surface area contributed by atoms with Gasteiger partial charge in [-0.3, -0.25) is 0 Å². The molecule has 0 aromatic heterocycles. The maximum Gasteiger partial charge on any atom is 0.249 e. The molecule has 2 aromatic rings. The highest BCUT2D eigenvalue weighted by atomic mass is 32.2. The molecule has 0 radical (unpaired) electrons. The van der Waals surface area contributed by atoms with E-state index < -0.39 is 43.9 Å². The van der Waals surface area contributed by atoms with Crippen LogP contribution in [0.1, 0.15) is 62.5 Å². The molecule has 9 heteroatoms. The number of hydrogen-bond donors (Lipinski definition) is 1. The summed E-state index contributed by atoms with van der Waals surface area (Å²) in [6.45, 7) is -0.0362. The van der Waals surface area contributed by atoms with Crippen LogP contribution in [-0.4, -0.2) is 30.9 Å².